The van der Waals surface area contributed by atoms with Crippen LogP contribution in [0.4, 0.5) is 0 Å². The van der Waals surface area contributed by atoms with Gasteiger partial charge in [0, 0.05) is 13.3 Å². The monoisotopic (exact) mass is 508 g/mol. The summed E-state index contributed by atoms with van der Waals surface area (Å²) in [4.78, 5) is 22.2. The Morgan fingerprint density at radius 1 is 0.457 bits per heavy atom. The fourth-order valence-corrected chi connectivity index (χ4v) is 2.78. The summed E-state index contributed by atoms with van der Waals surface area (Å²) in [5.41, 5.74) is 0. The van der Waals surface area contributed by atoms with Crippen molar-refractivity contribution in [3.05, 3.63) is 0 Å². The van der Waals surface area contributed by atoms with E-state index in [9.17, 15) is 9.59 Å². The lowest BCUT2D eigenvalue weighted by Crippen LogP contribution is -2.15. The van der Waals surface area contributed by atoms with Gasteiger partial charge in [0.15, 0.2) is 0 Å². The number of carbonyl (C=O) groups excluding carboxylic acids is 2. The van der Waals surface area contributed by atoms with Crippen LogP contribution in [0, 0.1) is 0 Å². The van der Waals surface area contributed by atoms with E-state index in [1.165, 1.54) is 32.6 Å². The van der Waals surface area contributed by atoms with Gasteiger partial charge in [-0.15, -0.1) is 0 Å². The van der Waals surface area contributed by atoms with Crippen LogP contribution in [0.5, 0.6) is 0 Å². The van der Waals surface area contributed by atoms with Gasteiger partial charge in [0.2, 0.25) is 0 Å². The van der Waals surface area contributed by atoms with Crippen molar-refractivity contribution in [2.75, 3.05) is 92.5 Å². The molecule has 0 radical (unpaired) electrons. The molecular formula is C25H48O10. The van der Waals surface area contributed by atoms with E-state index in [1.54, 1.807) is 0 Å². The molecule has 0 N–H and O–H groups in total. The molecule has 0 aliphatic carbocycles. The Hall–Kier alpha value is -1.30. The second-order valence-corrected chi connectivity index (χ2v) is 7.75. The van der Waals surface area contributed by atoms with Crippen molar-refractivity contribution in [3.8, 4) is 0 Å². The maximum Gasteiger partial charge on any atom is 0.305 e. The molecule has 0 aromatic carbocycles. The normalized spacial score (nSPS) is 11.0. The zero-order valence-electron chi connectivity index (χ0n) is 21.9. The highest BCUT2D eigenvalue weighted by atomic mass is 16.6. The first-order chi connectivity index (χ1) is 17.2. The molecule has 0 aromatic rings. The van der Waals surface area contributed by atoms with Crippen LogP contribution in [-0.2, 0) is 47.5 Å². The first kappa shape index (κ1) is 33.7. The molecule has 0 rings (SSSR count). The summed E-state index contributed by atoms with van der Waals surface area (Å²) in [6.45, 7) is 9.59. The summed E-state index contributed by atoms with van der Waals surface area (Å²) < 4.78 is 42.1. The number of rotatable bonds is 28. The van der Waals surface area contributed by atoms with Crippen LogP contribution in [-0.4, -0.2) is 104 Å². The molecule has 10 heteroatoms. The zero-order valence-corrected chi connectivity index (χ0v) is 21.9. The summed E-state index contributed by atoms with van der Waals surface area (Å²) in [6.07, 6.45) is 7.43. The van der Waals surface area contributed by atoms with E-state index in [1.807, 2.05) is 0 Å². The summed E-state index contributed by atoms with van der Waals surface area (Å²) in [5, 5.41) is 0. The van der Waals surface area contributed by atoms with E-state index >= 15 is 0 Å². The molecule has 0 unspecified atom stereocenters. The van der Waals surface area contributed by atoms with Crippen LogP contribution >= 0.6 is 0 Å². The highest BCUT2D eigenvalue weighted by molar-refractivity contribution is 5.69. The van der Waals surface area contributed by atoms with Gasteiger partial charge >= 0.3 is 11.9 Å². The molecule has 10 nitrogen and oxygen atoms in total. The van der Waals surface area contributed by atoms with Crippen LogP contribution in [0.1, 0.15) is 58.8 Å². The first-order valence-corrected chi connectivity index (χ1v) is 12.9. The van der Waals surface area contributed by atoms with Crippen molar-refractivity contribution >= 4 is 11.9 Å². The van der Waals surface area contributed by atoms with Gasteiger partial charge in [-0.05, 0) is 6.42 Å². The third kappa shape index (κ3) is 30.7. The van der Waals surface area contributed by atoms with Gasteiger partial charge < -0.3 is 37.9 Å². The minimum absolute atomic E-state index is 0.145. The number of esters is 2. The lowest BCUT2D eigenvalue weighted by Gasteiger charge is -2.08. The van der Waals surface area contributed by atoms with Crippen molar-refractivity contribution in [2.45, 2.75) is 58.8 Å². The zero-order chi connectivity index (χ0) is 25.7. The summed E-state index contributed by atoms with van der Waals surface area (Å²) in [5.74, 6) is -0.456. The van der Waals surface area contributed by atoms with Crippen LogP contribution in [0.15, 0.2) is 0 Å². The predicted molar refractivity (Wildman–Crippen MR) is 130 cm³/mol. The Bertz CT molecular complexity index is 462. The van der Waals surface area contributed by atoms with Crippen LogP contribution in [0.3, 0.4) is 0 Å². The second-order valence-electron chi connectivity index (χ2n) is 7.75. The molecule has 0 amide bonds. The fourth-order valence-electron chi connectivity index (χ4n) is 2.78. The minimum atomic E-state index is -0.311. The Labute approximate surface area is 211 Å². The molecule has 0 heterocycles. The number of hydrogen-bond acceptors (Lipinski definition) is 10. The molecule has 0 spiro atoms. The molecule has 0 bridgehead atoms. The molecule has 208 valence electrons. The lowest BCUT2D eigenvalue weighted by molar-refractivity contribution is -0.145. The lowest BCUT2D eigenvalue weighted by atomic mass is 10.1. The molecule has 0 fully saturated rings. The number of carbonyl (C=O) groups is 2. The smallest absolute Gasteiger partial charge is 0.305 e. The van der Waals surface area contributed by atoms with E-state index in [2.05, 4.69) is 6.92 Å². The van der Waals surface area contributed by atoms with Gasteiger partial charge in [-0.25, -0.2) is 0 Å². The van der Waals surface area contributed by atoms with Crippen LogP contribution in [0.25, 0.3) is 0 Å². The average molecular weight is 509 g/mol. The van der Waals surface area contributed by atoms with Crippen molar-refractivity contribution in [3.63, 3.8) is 0 Å². The van der Waals surface area contributed by atoms with E-state index in [4.69, 9.17) is 37.9 Å². The van der Waals surface area contributed by atoms with E-state index in [0.717, 1.165) is 12.8 Å². The Kier molecular flexibility index (Phi) is 27.9. The molecular weight excluding hydrogens is 460 g/mol. The maximum atomic E-state index is 11.6. The maximum absolute atomic E-state index is 11.6. The topological polar surface area (TPSA) is 108 Å². The van der Waals surface area contributed by atoms with Gasteiger partial charge in [-0.3, -0.25) is 9.59 Å². The molecule has 0 aliphatic rings. The van der Waals surface area contributed by atoms with E-state index in [-0.39, 0.29) is 25.2 Å². The standard InChI is InChI=1S/C25H48O10/c1-3-4-5-6-7-8-9-25(27)35-23-21-33-19-17-31-15-13-29-11-10-28-12-14-30-16-18-32-20-22-34-24(2)26/h3-23H2,1-2H3. The fraction of sp³-hybridized carbons (Fsp3) is 0.920. The largest absolute Gasteiger partial charge is 0.463 e. The minimum Gasteiger partial charge on any atom is -0.463 e. The molecule has 0 aliphatic heterocycles. The highest BCUT2D eigenvalue weighted by Crippen LogP contribution is 2.07. The van der Waals surface area contributed by atoms with E-state index in [0.29, 0.717) is 85.7 Å². The summed E-state index contributed by atoms with van der Waals surface area (Å²) in [6, 6.07) is 0. The van der Waals surface area contributed by atoms with Gasteiger partial charge in [0.05, 0.1) is 79.3 Å². The molecule has 0 aromatic heterocycles. The van der Waals surface area contributed by atoms with Crippen LogP contribution < -0.4 is 0 Å². The Balaban J connectivity index is 3.11. The predicted octanol–water partition coefficient (Wildman–Crippen LogP) is 2.94. The third-order valence-electron chi connectivity index (χ3n) is 4.62. The highest BCUT2D eigenvalue weighted by Gasteiger charge is 2.02. The van der Waals surface area contributed by atoms with Crippen molar-refractivity contribution in [1.82, 2.24) is 0 Å². The van der Waals surface area contributed by atoms with Crippen molar-refractivity contribution in [2.24, 2.45) is 0 Å². The Morgan fingerprint density at radius 3 is 1.20 bits per heavy atom. The van der Waals surface area contributed by atoms with Gasteiger partial charge in [-0.1, -0.05) is 39.0 Å². The van der Waals surface area contributed by atoms with E-state index < -0.39 is 0 Å². The van der Waals surface area contributed by atoms with Crippen molar-refractivity contribution < 1.29 is 47.5 Å². The van der Waals surface area contributed by atoms with Gasteiger partial charge in [0.1, 0.15) is 13.2 Å². The average Bonchev–Trinajstić information content (AvgIpc) is 2.84. The summed E-state index contributed by atoms with van der Waals surface area (Å²) >= 11 is 0. The van der Waals surface area contributed by atoms with Gasteiger partial charge in [0.25, 0.3) is 0 Å². The first-order valence-electron chi connectivity index (χ1n) is 12.9. The Morgan fingerprint density at radius 2 is 0.800 bits per heavy atom. The van der Waals surface area contributed by atoms with Crippen LogP contribution in [0.2, 0.25) is 0 Å². The third-order valence-corrected chi connectivity index (χ3v) is 4.62. The molecule has 0 atom stereocenters. The SMILES string of the molecule is CCCCCCCCC(=O)OCCOCCOCCOCCOCCOCCOCCOC(C)=O. The molecule has 0 saturated carbocycles. The molecule has 0 saturated heterocycles. The number of unbranched alkanes of at least 4 members (excludes halogenated alkanes) is 5. The number of hydrogen-bond donors (Lipinski definition) is 0. The van der Waals surface area contributed by atoms with Gasteiger partial charge in [-0.2, -0.15) is 0 Å². The summed E-state index contributed by atoms with van der Waals surface area (Å²) in [7, 11) is 0. The second kappa shape index (κ2) is 28.9. The number of ether oxygens (including phenoxy) is 8. The molecule has 35 heavy (non-hydrogen) atoms. The van der Waals surface area contributed by atoms with Crippen molar-refractivity contribution in [1.29, 1.82) is 0 Å². The quantitative estimate of drug-likeness (QED) is 0.116.